The van der Waals surface area contributed by atoms with Crippen LogP contribution in [0.3, 0.4) is 0 Å². The molecule has 0 aliphatic carbocycles. The third kappa shape index (κ3) is 6.81. The van der Waals surface area contributed by atoms with Crippen LogP contribution in [0.1, 0.15) is 23.0 Å². The Bertz CT molecular complexity index is 1270. The van der Waals surface area contributed by atoms with E-state index in [-0.39, 0.29) is 11.6 Å². The zero-order chi connectivity index (χ0) is 27.1. The molecule has 4 heterocycles. The van der Waals surface area contributed by atoms with E-state index in [1.807, 2.05) is 19.2 Å². The lowest BCUT2D eigenvalue weighted by Crippen LogP contribution is -2.45. The Balaban J connectivity index is 1.69. The Morgan fingerprint density at radius 3 is 2.58 bits per heavy atom. The number of nitrogens with one attached hydrogen (secondary N) is 3. The van der Waals surface area contributed by atoms with Crippen LogP contribution < -0.4 is 26.6 Å². The van der Waals surface area contributed by atoms with Crippen molar-refractivity contribution >= 4 is 29.1 Å². The molecule has 0 radical (unpaired) electrons. The van der Waals surface area contributed by atoms with E-state index in [2.05, 4.69) is 47.9 Å². The Morgan fingerprint density at radius 1 is 1.11 bits per heavy atom. The van der Waals surface area contributed by atoms with Gasteiger partial charge < -0.3 is 15.0 Å². The lowest BCUT2D eigenvalue weighted by Gasteiger charge is -2.32. The van der Waals surface area contributed by atoms with Crippen LogP contribution in [0, 0.1) is 6.92 Å². The standard InChI is InChI=1S/C25H33N9O3S/c1-4-27-25(36)31-21-12-19(24-30-16(2)15-38-24)20(14-28-21)18-11-17(22(35)32-26)13-29-23(18)37-10-9-34-7-5-33(3)6-8-34/h11-15H,4-10,26H2,1-3H3,(H,32,35)(H2,27,28,31,36). The lowest BCUT2D eigenvalue weighted by molar-refractivity contribution is 0.0953. The molecule has 0 aromatic carbocycles. The average Bonchev–Trinajstić information content (AvgIpc) is 3.35. The van der Waals surface area contributed by atoms with E-state index in [4.69, 9.17) is 10.6 Å². The number of hydrogen-bond donors (Lipinski definition) is 4. The number of pyridine rings is 2. The first-order valence-electron chi connectivity index (χ1n) is 12.4. The molecule has 0 saturated carbocycles. The molecular weight excluding hydrogens is 506 g/mol. The maximum Gasteiger partial charge on any atom is 0.320 e. The lowest BCUT2D eigenvalue weighted by atomic mass is 10.0. The molecule has 38 heavy (non-hydrogen) atoms. The first kappa shape index (κ1) is 27.4. The number of carbonyl (C=O) groups is 2. The molecule has 0 atom stereocenters. The quantitative estimate of drug-likeness (QED) is 0.182. The number of aromatic nitrogens is 3. The predicted octanol–water partition coefficient (Wildman–Crippen LogP) is 1.95. The molecule has 3 amide bonds. The predicted molar refractivity (Wildman–Crippen MR) is 147 cm³/mol. The third-order valence-electron chi connectivity index (χ3n) is 6.11. The first-order chi connectivity index (χ1) is 18.4. The fraction of sp³-hybridized carbons (Fsp3) is 0.400. The molecule has 0 unspecified atom stereocenters. The zero-order valence-corrected chi connectivity index (χ0v) is 22.6. The van der Waals surface area contributed by atoms with E-state index in [1.54, 1.807) is 18.3 Å². The van der Waals surface area contributed by atoms with E-state index in [1.165, 1.54) is 17.5 Å². The maximum absolute atomic E-state index is 12.3. The number of aryl methyl sites for hydroxylation is 1. The molecule has 12 nitrogen and oxygen atoms in total. The minimum absolute atomic E-state index is 0.278. The molecule has 0 bridgehead atoms. The van der Waals surface area contributed by atoms with Gasteiger partial charge in [0.2, 0.25) is 5.88 Å². The SMILES string of the molecule is CCNC(=O)Nc1cc(-c2nc(C)cs2)c(-c2cc(C(=O)NN)cnc2OCCN2CCN(C)CC2)cn1. The van der Waals surface area contributed by atoms with Crippen molar-refractivity contribution in [2.75, 3.05) is 58.2 Å². The number of nitrogens with zero attached hydrogens (tertiary/aromatic N) is 5. The van der Waals surface area contributed by atoms with E-state index in [9.17, 15) is 9.59 Å². The van der Waals surface area contributed by atoms with Crippen LogP contribution in [0.4, 0.5) is 10.6 Å². The smallest absolute Gasteiger partial charge is 0.320 e. The second kappa shape index (κ2) is 12.7. The minimum atomic E-state index is -0.475. The molecule has 1 saturated heterocycles. The summed E-state index contributed by atoms with van der Waals surface area (Å²) in [6.07, 6.45) is 3.06. The second-order valence-electron chi connectivity index (χ2n) is 8.94. The summed E-state index contributed by atoms with van der Waals surface area (Å²) >= 11 is 1.47. The Kier molecular flexibility index (Phi) is 9.18. The van der Waals surface area contributed by atoms with Gasteiger partial charge in [-0.15, -0.1) is 11.3 Å². The van der Waals surface area contributed by atoms with Gasteiger partial charge in [-0.2, -0.15) is 0 Å². The molecular formula is C25H33N9O3S. The molecule has 4 rings (SSSR count). The summed E-state index contributed by atoms with van der Waals surface area (Å²) in [6.45, 7) is 9.42. The van der Waals surface area contributed by atoms with Gasteiger partial charge in [0, 0.05) is 79.4 Å². The summed E-state index contributed by atoms with van der Waals surface area (Å²) in [6, 6.07) is 3.08. The van der Waals surface area contributed by atoms with Gasteiger partial charge in [0.15, 0.2) is 0 Å². The molecule has 0 spiro atoms. The van der Waals surface area contributed by atoms with Gasteiger partial charge in [0.05, 0.1) is 5.56 Å². The van der Waals surface area contributed by atoms with Gasteiger partial charge in [0.25, 0.3) is 5.91 Å². The number of piperazine rings is 1. The monoisotopic (exact) mass is 539 g/mol. The third-order valence-corrected chi connectivity index (χ3v) is 7.10. The number of amides is 3. The van der Waals surface area contributed by atoms with Crippen molar-refractivity contribution in [2.45, 2.75) is 13.8 Å². The van der Waals surface area contributed by atoms with Crippen molar-refractivity contribution in [1.29, 1.82) is 0 Å². The van der Waals surface area contributed by atoms with Crippen molar-refractivity contribution in [2.24, 2.45) is 5.84 Å². The van der Waals surface area contributed by atoms with Crippen LogP contribution in [0.25, 0.3) is 21.7 Å². The minimum Gasteiger partial charge on any atom is -0.476 e. The van der Waals surface area contributed by atoms with Crippen LogP contribution in [-0.2, 0) is 0 Å². The highest BCUT2D eigenvalue weighted by Crippen LogP contribution is 2.38. The van der Waals surface area contributed by atoms with Gasteiger partial charge in [-0.25, -0.2) is 25.6 Å². The number of hydrogen-bond acceptors (Lipinski definition) is 10. The van der Waals surface area contributed by atoms with Crippen molar-refractivity contribution < 1.29 is 14.3 Å². The first-order valence-corrected chi connectivity index (χ1v) is 13.3. The largest absolute Gasteiger partial charge is 0.476 e. The Morgan fingerprint density at radius 2 is 1.89 bits per heavy atom. The molecule has 1 aliphatic heterocycles. The van der Waals surface area contributed by atoms with Crippen LogP contribution in [-0.4, -0.2) is 89.6 Å². The van der Waals surface area contributed by atoms with Gasteiger partial charge in [-0.1, -0.05) is 0 Å². The number of anilines is 1. The van der Waals surface area contributed by atoms with Gasteiger partial charge >= 0.3 is 6.03 Å². The highest BCUT2D eigenvalue weighted by Gasteiger charge is 2.21. The number of hydrazine groups is 1. The summed E-state index contributed by atoms with van der Waals surface area (Å²) < 4.78 is 6.16. The number of thiazole rings is 1. The molecule has 1 fully saturated rings. The molecule has 3 aromatic heterocycles. The van der Waals surface area contributed by atoms with E-state index < -0.39 is 5.91 Å². The molecule has 5 N–H and O–H groups in total. The maximum atomic E-state index is 12.3. The zero-order valence-electron chi connectivity index (χ0n) is 21.8. The molecule has 202 valence electrons. The molecule has 3 aromatic rings. The normalized spacial score (nSPS) is 14.2. The van der Waals surface area contributed by atoms with E-state index in [0.717, 1.165) is 49.0 Å². The molecule has 1 aliphatic rings. The summed E-state index contributed by atoms with van der Waals surface area (Å²) in [5, 5.41) is 8.12. The fourth-order valence-corrected chi connectivity index (χ4v) is 4.85. The van der Waals surface area contributed by atoms with E-state index >= 15 is 0 Å². The highest BCUT2D eigenvalue weighted by atomic mass is 32.1. The van der Waals surface area contributed by atoms with Crippen LogP contribution >= 0.6 is 11.3 Å². The average molecular weight is 540 g/mol. The topological polar surface area (TPSA) is 151 Å². The highest BCUT2D eigenvalue weighted by molar-refractivity contribution is 7.13. The van der Waals surface area contributed by atoms with Gasteiger partial charge in [-0.3, -0.25) is 20.4 Å². The number of nitrogen functional groups attached to an aromatic ring is 1. The van der Waals surface area contributed by atoms with E-state index in [0.29, 0.717) is 36.0 Å². The van der Waals surface area contributed by atoms with Crippen molar-refractivity contribution in [1.82, 2.24) is 35.5 Å². The number of ether oxygens (including phenoxy) is 1. The van der Waals surface area contributed by atoms with Gasteiger partial charge in [-0.05, 0) is 33.0 Å². The summed E-state index contributed by atoms with van der Waals surface area (Å²) in [7, 11) is 2.12. The van der Waals surface area contributed by atoms with Gasteiger partial charge in [0.1, 0.15) is 17.4 Å². The number of rotatable bonds is 9. The van der Waals surface area contributed by atoms with Crippen molar-refractivity contribution in [3.63, 3.8) is 0 Å². The summed E-state index contributed by atoms with van der Waals surface area (Å²) in [4.78, 5) is 42.7. The summed E-state index contributed by atoms with van der Waals surface area (Å²) in [5.74, 6) is 5.64. The van der Waals surface area contributed by atoms with Crippen molar-refractivity contribution in [3.05, 3.63) is 41.2 Å². The Labute approximate surface area is 225 Å². The summed E-state index contributed by atoms with van der Waals surface area (Å²) in [5.41, 5.74) is 5.25. The molecule has 13 heteroatoms. The number of nitrogens with two attached hydrogens (primary N) is 1. The van der Waals surface area contributed by atoms with Crippen LogP contribution in [0.2, 0.25) is 0 Å². The fourth-order valence-electron chi connectivity index (χ4n) is 4.02. The Hall–Kier alpha value is -3.65. The van der Waals surface area contributed by atoms with Crippen LogP contribution in [0.5, 0.6) is 5.88 Å². The number of urea groups is 1. The number of carbonyl (C=O) groups excluding carboxylic acids is 2. The van der Waals surface area contributed by atoms with Crippen LogP contribution in [0.15, 0.2) is 29.9 Å². The second-order valence-corrected chi connectivity index (χ2v) is 9.80. The number of likely N-dealkylation sites (N-methyl/N-ethyl adjacent to an activating group) is 1. The van der Waals surface area contributed by atoms with Crippen molar-refractivity contribution in [3.8, 4) is 27.6 Å².